The normalized spacial score (nSPS) is 10.8. The molecule has 1 heterocycles. The lowest BCUT2D eigenvalue weighted by atomic mass is 10.0. The van der Waals surface area contributed by atoms with Crippen LogP contribution in [0.15, 0.2) is 36.4 Å². The molecule has 0 unspecified atom stereocenters. The Morgan fingerprint density at radius 1 is 1.25 bits per heavy atom. The second-order valence-corrected chi connectivity index (χ2v) is 6.74. The van der Waals surface area contributed by atoms with E-state index in [0.29, 0.717) is 18.2 Å². The van der Waals surface area contributed by atoms with E-state index < -0.39 is 0 Å². The van der Waals surface area contributed by atoms with Crippen LogP contribution in [0, 0.1) is 13.8 Å². The number of carbonyl (C=O) groups is 1. The number of benzene rings is 2. The first-order chi connectivity index (χ1) is 11.6. The average Bonchev–Trinajstić information content (AvgIpc) is 2.94. The van der Waals surface area contributed by atoms with Crippen LogP contribution < -0.4 is 10.1 Å². The van der Waals surface area contributed by atoms with E-state index in [1.165, 1.54) is 16.9 Å². The number of fused-ring (bicyclic) bond motifs is 1. The van der Waals surface area contributed by atoms with Crippen LogP contribution in [0.2, 0.25) is 0 Å². The third kappa shape index (κ3) is 3.57. The van der Waals surface area contributed by atoms with Crippen molar-refractivity contribution in [3.05, 3.63) is 53.1 Å². The Hall–Kier alpha value is -2.40. The number of rotatable bonds is 5. The summed E-state index contributed by atoms with van der Waals surface area (Å²) in [5.74, 6) is 0.695. The zero-order valence-electron chi connectivity index (χ0n) is 14.1. The topological polar surface area (TPSA) is 51.2 Å². The van der Waals surface area contributed by atoms with Crippen LogP contribution in [-0.2, 0) is 11.2 Å². The Labute approximate surface area is 145 Å². The van der Waals surface area contributed by atoms with Crippen LogP contribution in [-0.4, -0.2) is 17.5 Å². The summed E-state index contributed by atoms with van der Waals surface area (Å²) in [4.78, 5) is 16.8. The van der Waals surface area contributed by atoms with Gasteiger partial charge in [-0.05, 0) is 44.0 Å². The monoisotopic (exact) mass is 340 g/mol. The summed E-state index contributed by atoms with van der Waals surface area (Å²) >= 11 is 1.46. The number of nitrogens with zero attached hydrogens (tertiary/aromatic N) is 1. The number of thiazole rings is 1. The fraction of sp³-hybridized carbons (Fsp3) is 0.263. The van der Waals surface area contributed by atoms with Crippen molar-refractivity contribution in [2.24, 2.45) is 0 Å². The molecule has 124 valence electrons. The largest absolute Gasteiger partial charge is 0.492 e. The smallest absolute Gasteiger partial charge is 0.230 e. The minimum Gasteiger partial charge on any atom is -0.492 e. The summed E-state index contributed by atoms with van der Waals surface area (Å²) in [6.07, 6.45) is 0.348. The van der Waals surface area contributed by atoms with Gasteiger partial charge in [0.2, 0.25) is 5.91 Å². The zero-order chi connectivity index (χ0) is 17.1. The number of aryl methyl sites for hydroxylation is 2. The van der Waals surface area contributed by atoms with E-state index in [0.717, 1.165) is 27.1 Å². The molecule has 2 aromatic carbocycles. The fourth-order valence-electron chi connectivity index (χ4n) is 2.63. The Morgan fingerprint density at radius 3 is 2.83 bits per heavy atom. The van der Waals surface area contributed by atoms with E-state index >= 15 is 0 Å². The molecule has 0 aliphatic carbocycles. The minimum absolute atomic E-state index is 0.0565. The standard InChI is InChI=1S/C19H20N2O2S/c1-4-23-15-6-5-7-16-18(15)21-19(24-16)20-17(22)11-14-9-8-12(2)10-13(14)3/h5-10H,4,11H2,1-3H3,(H,20,21,22). The SMILES string of the molecule is CCOc1cccc2sc(NC(=O)Cc3ccc(C)cc3C)nc12. The predicted octanol–water partition coefficient (Wildman–Crippen LogP) is 4.49. The van der Waals surface area contributed by atoms with Crippen LogP contribution >= 0.6 is 11.3 Å². The van der Waals surface area contributed by atoms with Gasteiger partial charge in [-0.1, -0.05) is 41.2 Å². The molecule has 3 aromatic rings. The molecule has 0 aliphatic heterocycles. The maximum atomic E-state index is 12.3. The summed E-state index contributed by atoms with van der Waals surface area (Å²) in [5, 5.41) is 3.51. The first kappa shape index (κ1) is 16.5. The van der Waals surface area contributed by atoms with Crippen molar-refractivity contribution in [2.45, 2.75) is 27.2 Å². The van der Waals surface area contributed by atoms with E-state index in [-0.39, 0.29) is 5.91 Å². The molecule has 0 saturated carbocycles. The summed E-state index contributed by atoms with van der Waals surface area (Å²) in [6, 6.07) is 11.9. The van der Waals surface area contributed by atoms with Gasteiger partial charge in [-0.25, -0.2) is 4.98 Å². The fourth-order valence-corrected chi connectivity index (χ4v) is 3.53. The third-order valence-corrected chi connectivity index (χ3v) is 4.71. The van der Waals surface area contributed by atoms with Gasteiger partial charge in [0.25, 0.3) is 0 Å². The highest BCUT2D eigenvalue weighted by atomic mass is 32.1. The third-order valence-electron chi connectivity index (χ3n) is 3.78. The van der Waals surface area contributed by atoms with Gasteiger partial charge < -0.3 is 10.1 Å². The van der Waals surface area contributed by atoms with Gasteiger partial charge in [-0.3, -0.25) is 4.79 Å². The highest BCUT2D eigenvalue weighted by Crippen LogP contribution is 2.32. The van der Waals surface area contributed by atoms with Gasteiger partial charge in [-0.15, -0.1) is 0 Å². The number of nitrogens with one attached hydrogen (secondary N) is 1. The highest BCUT2D eigenvalue weighted by molar-refractivity contribution is 7.22. The molecule has 0 atom stereocenters. The first-order valence-electron chi connectivity index (χ1n) is 7.95. The molecule has 24 heavy (non-hydrogen) atoms. The van der Waals surface area contributed by atoms with E-state index in [2.05, 4.69) is 16.4 Å². The van der Waals surface area contributed by atoms with Crippen molar-refractivity contribution in [3.8, 4) is 5.75 Å². The molecule has 0 spiro atoms. The molecule has 0 aliphatic rings. The lowest BCUT2D eigenvalue weighted by Gasteiger charge is -2.06. The molecule has 0 bridgehead atoms. The van der Waals surface area contributed by atoms with Crippen molar-refractivity contribution < 1.29 is 9.53 Å². The van der Waals surface area contributed by atoms with Crippen LogP contribution in [0.3, 0.4) is 0 Å². The maximum absolute atomic E-state index is 12.3. The van der Waals surface area contributed by atoms with E-state index in [1.54, 1.807) is 0 Å². The Kier molecular flexibility index (Phi) is 4.81. The Morgan fingerprint density at radius 2 is 2.08 bits per heavy atom. The summed E-state index contributed by atoms with van der Waals surface area (Å²) in [6.45, 7) is 6.61. The number of carbonyl (C=O) groups excluding carboxylic acids is 1. The molecule has 1 amide bonds. The molecule has 5 heteroatoms. The number of amides is 1. The molecule has 4 nitrogen and oxygen atoms in total. The number of hydrogen-bond acceptors (Lipinski definition) is 4. The summed E-state index contributed by atoms with van der Waals surface area (Å²) in [7, 11) is 0. The quantitative estimate of drug-likeness (QED) is 0.744. The van der Waals surface area contributed by atoms with Crippen molar-refractivity contribution in [3.63, 3.8) is 0 Å². The van der Waals surface area contributed by atoms with Crippen LogP contribution in [0.1, 0.15) is 23.6 Å². The molecule has 0 radical (unpaired) electrons. The van der Waals surface area contributed by atoms with Gasteiger partial charge in [0.1, 0.15) is 11.3 Å². The second kappa shape index (κ2) is 7.01. The maximum Gasteiger partial charge on any atom is 0.230 e. The highest BCUT2D eigenvalue weighted by Gasteiger charge is 2.12. The Balaban J connectivity index is 1.77. The predicted molar refractivity (Wildman–Crippen MR) is 99.0 cm³/mol. The Bertz CT molecular complexity index is 886. The van der Waals surface area contributed by atoms with E-state index in [1.807, 2.05) is 51.1 Å². The number of anilines is 1. The van der Waals surface area contributed by atoms with Crippen LogP contribution in [0.4, 0.5) is 5.13 Å². The van der Waals surface area contributed by atoms with Crippen molar-refractivity contribution in [2.75, 3.05) is 11.9 Å². The molecule has 0 fully saturated rings. The second-order valence-electron chi connectivity index (χ2n) is 5.71. The number of hydrogen-bond donors (Lipinski definition) is 1. The van der Waals surface area contributed by atoms with Crippen LogP contribution in [0.5, 0.6) is 5.75 Å². The molecule has 1 N–H and O–H groups in total. The number of ether oxygens (including phenoxy) is 1. The lowest BCUT2D eigenvalue weighted by Crippen LogP contribution is -2.14. The number of aromatic nitrogens is 1. The van der Waals surface area contributed by atoms with E-state index in [4.69, 9.17) is 4.74 Å². The van der Waals surface area contributed by atoms with E-state index in [9.17, 15) is 4.79 Å². The van der Waals surface area contributed by atoms with Gasteiger partial charge in [0, 0.05) is 0 Å². The lowest BCUT2D eigenvalue weighted by molar-refractivity contribution is -0.115. The zero-order valence-corrected chi connectivity index (χ0v) is 14.9. The van der Waals surface area contributed by atoms with Gasteiger partial charge in [0.15, 0.2) is 5.13 Å². The molecule has 1 aromatic heterocycles. The minimum atomic E-state index is -0.0565. The molecule has 3 rings (SSSR count). The van der Waals surface area contributed by atoms with Crippen molar-refractivity contribution in [1.29, 1.82) is 0 Å². The van der Waals surface area contributed by atoms with Gasteiger partial charge in [0.05, 0.1) is 17.7 Å². The van der Waals surface area contributed by atoms with Crippen molar-refractivity contribution in [1.82, 2.24) is 4.98 Å². The molecular weight excluding hydrogens is 320 g/mol. The molecular formula is C19H20N2O2S. The van der Waals surface area contributed by atoms with Crippen molar-refractivity contribution >= 4 is 32.6 Å². The van der Waals surface area contributed by atoms with Crippen LogP contribution in [0.25, 0.3) is 10.2 Å². The molecule has 0 saturated heterocycles. The first-order valence-corrected chi connectivity index (χ1v) is 8.77. The summed E-state index contributed by atoms with van der Waals surface area (Å²) < 4.78 is 6.59. The number of para-hydroxylation sites is 1. The van der Waals surface area contributed by atoms with Gasteiger partial charge >= 0.3 is 0 Å². The van der Waals surface area contributed by atoms with Gasteiger partial charge in [-0.2, -0.15) is 0 Å². The average molecular weight is 340 g/mol. The summed E-state index contributed by atoms with van der Waals surface area (Å²) in [5.41, 5.74) is 4.17.